The number of piperidine rings is 1. The van der Waals surface area contributed by atoms with E-state index in [0.717, 1.165) is 69.4 Å². The molecule has 1 unspecified atom stereocenters. The lowest BCUT2D eigenvalue weighted by atomic mass is 9.83. The van der Waals surface area contributed by atoms with Crippen LogP contribution in [0, 0.1) is 0 Å². The highest BCUT2D eigenvalue weighted by Gasteiger charge is 2.39. The molecule has 1 aliphatic carbocycles. The van der Waals surface area contributed by atoms with Crippen LogP contribution in [0.2, 0.25) is 0 Å². The normalized spacial score (nSPS) is 24.7. The van der Waals surface area contributed by atoms with Gasteiger partial charge < -0.3 is 14.6 Å². The lowest BCUT2D eigenvalue weighted by molar-refractivity contribution is -0.138. The van der Waals surface area contributed by atoms with Crippen molar-refractivity contribution >= 4 is 16.8 Å². The molecule has 4 heteroatoms. The van der Waals surface area contributed by atoms with Gasteiger partial charge in [0.2, 0.25) is 5.91 Å². The van der Waals surface area contributed by atoms with Crippen LogP contribution in [0.4, 0.5) is 0 Å². The topological polar surface area (TPSA) is 45.3 Å². The quantitative estimate of drug-likeness (QED) is 0.766. The minimum atomic E-state index is -0.127. The van der Waals surface area contributed by atoms with Gasteiger partial charge in [-0.25, -0.2) is 0 Å². The van der Waals surface area contributed by atoms with Crippen molar-refractivity contribution in [1.29, 1.82) is 0 Å². The van der Waals surface area contributed by atoms with E-state index in [0.29, 0.717) is 5.91 Å². The number of aromatic amines is 1. The molecule has 1 aromatic heterocycles. The number of nitrogens with one attached hydrogen (secondary N) is 1. The molecule has 4 nitrogen and oxygen atoms in total. The van der Waals surface area contributed by atoms with Crippen molar-refractivity contribution in [2.24, 2.45) is 0 Å². The fraction of sp³-hybridized carbons (Fsp3) is 0.522. The zero-order chi connectivity index (χ0) is 18.4. The summed E-state index contributed by atoms with van der Waals surface area (Å²) in [5.74, 6) is 0.286. The van der Waals surface area contributed by atoms with E-state index < -0.39 is 0 Å². The molecule has 5 rings (SSSR count). The first-order valence-corrected chi connectivity index (χ1v) is 10.4. The largest absolute Gasteiger partial charge is 0.370 e. The Morgan fingerprint density at radius 3 is 2.85 bits per heavy atom. The maximum Gasteiger partial charge on any atom is 0.231 e. The molecule has 1 fully saturated rings. The van der Waals surface area contributed by atoms with E-state index in [9.17, 15) is 4.79 Å². The molecule has 3 heterocycles. The number of nitrogens with zero attached hydrogens (tertiary/aromatic N) is 1. The average Bonchev–Trinajstić information content (AvgIpc) is 3.07. The van der Waals surface area contributed by atoms with Crippen LogP contribution in [-0.2, 0) is 16.0 Å². The van der Waals surface area contributed by atoms with Gasteiger partial charge >= 0.3 is 0 Å². The first kappa shape index (κ1) is 17.1. The predicted molar refractivity (Wildman–Crippen MR) is 107 cm³/mol. The first-order valence-electron chi connectivity index (χ1n) is 10.4. The predicted octanol–water partition coefficient (Wildman–Crippen LogP) is 4.32. The van der Waals surface area contributed by atoms with Crippen molar-refractivity contribution in [3.63, 3.8) is 0 Å². The highest BCUT2D eigenvalue weighted by atomic mass is 16.5. The zero-order valence-corrected chi connectivity index (χ0v) is 16.1. The van der Waals surface area contributed by atoms with Crippen molar-refractivity contribution in [3.8, 4) is 0 Å². The van der Waals surface area contributed by atoms with Crippen LogP contribution in [0.1, 0.15) is 56.2 Å². The van der Waals surface area contributed by atoms with Gasteiger partial charge in [-0.1, -0.05) is 29.8 Å². The number of fused-ring (bicyclic) bond motifs is 3. The Morgan fingerprint density at radius 2 is 2.04 bits per heavy atom. The smallest absolute Gasteiger partial charge is 0.231 e. The molecule has 2 aliphatic heterocycles. The third-order valence-corrected chi connectivity index (χ3v) is 6.73. The minimum absolute atomic E-state index is 0.0141. The van der Waals surface area contributed by atoms with Gasteiger partial charge in [0.25, 0.3) is 0 Å². The molecule has 27 heavy (non-hydrogen) atoms. The number of carbonyl (C=O) groups excluding carboxylic acids is 1. The van der Waals surface area contributed by atoms with Crippen molar-refractivity contribution in [2.45, 2.75) is 57.0 Å². The van der Waals surface area contributed by atoms with Gasteiger partial charge in [0.15, 0.2) is 0 Å². The van der Waals surface area contributed by atoms with Gasteiger partial charge in [0, 0.05) is 29.7 Å². The van der Waals surface area contributed by atoms with Crippen LogP contribution in [0.25, 0.3) is 10.9 Å². The maximum atomic E-state index is 13.4. The third-order valence-electron chi connectivity index (χ3n) is 6.73. The summed E-state index contributed by atoms with van der Waals surface area (Å²) in [6.07, 6.45) is 8.31. The third kappa shape index (κ3) is 2.91. The van der Waals surface area contributed by atoms with Gasteiger partial charge in [-0.2, -0.15) is 0 Å². The number of benzene rings is 1. The molecule has 2 aromatic rings. The van der Waals surface area contributed by atoms with Crippen molar-refractivity contribution in [1.82, 2.24) is 9.88 Å². The summed E-state index contributed by atoms with van der Waals surface area (Å²) >= 11 is 0. The highest BCUT2D eigenvalue weighted by Crippen LogP contribution is 2.39. The summed E-state index contributed by atoms with van der Waals surface area (Å²) in [5.41, 5.74) is 4.99. The van der Waals surface area contributed by atoms with E-state index in [4.69, 9.17) is 4.74 Å². The van der Waals surface area contributed by atoms with E-state index in [1.807, 2.05) is 0 Å². The summed E-state index contributed by atoms with van der Waals surface area (Å²) in [7, 11) is 0. The standard InChI is InChI=1S/C23H28N2O2/c1-16-9-14-27-23(15-16)10-12-25(13-11-23)22(26)19-7-4-6-18-17-5-2-3-8-20(17)24-21(18)19/h2-3,5,8,15,19,24H,4,6-7,9-14H2,1H3. The maximum absolute atomic E-state index is 13.4. The number of rotatable bonds is 1. The molecular formula is C23H28N2O2. The number of ether oxygens (including phenoxy) is 1. The molecule has 1 saturated heterocycles. The Bertz CT molecular complexity index is 902. The highest BCUT2D eigenvalue weighted by molar-refractivity contribution is 5.90. The fourth-order valence-corrected chi connectivity index (χ4v) is 5.25. The second kappa shape index (κ2) is 6.52. The minimum Gasteiger partial charge on any atom is -0.370 e. The van der Waals surface area contributed by atoms with E-state index in [-0.39, 0.29) is 11.5 Å². The Labute approximate surface area is 160 Å². The van der Waals surface area contributed by atoms with Crippen LogP contribution in [-0.4, -0.2) is 41.1 Å². The fourth-order valence-electron chi connectivity index (χ4n) is 5.25. The van der Waals surface area contributed by atoms with Gasteiger partial charge in [-0.15, -0.1) is 0 Å². The number of H-pyrrole nitrogens is 1. The SMILES string of the molecule is CC1=CC2(CCN(C(=O)C3CCCc4c3[nH]c3ccccc43)CC2)OCC1. The molecule has 1 spiro atoms. The number of likely N-dealkylation sites (tertiary alicyclic amines) is 1. The molecule has 1 atom stereocenters. The summed E-state index contributed by atoms with van der Waals surface area (Å²) < 4.78 is 6.13. The van der Waals surface area contributed by atoms with Crippen LogP contribution in [0.15, 0.2) is 35.9 Å². The Morgan fingerprint density at radius 1 is 1.22 bits per heavy atom. The molecular weight excluding hydrogens is 336 g/mol. The van der Waals surface area contributed by atoms with Crippen molar-refractivity contribution in [2.75, 3.05) is 19.7 Å². The van der Waals surface area contributed by atoms with Crippen LogP contribution < -0.4 is 0 Å². The number of para-hydroxylation sites is 1. The number of aromatic nitrogens is 1. The number of aryl methyl sites for hydroxylation is 1. The van der Waals surface area contributed by atoms with Crippen molar-refractivity contribution in [3.05, 3.63) is 47.2 Å². The number of carbonyl (C=O) groups is 1. The number of hydrogen-bond donors (Lipinski definition) is 1. The van der Waals surface area contributed by atoms with Gasteiger partial charge in [0.05, 0.1) is 18.1 Å². The molecule has 0 radical (unpaired) electrons. The van der Waals surface area contributed by atoms with Crippen molar-refractivity contribution < 1.29 is 9.53 Å². The summed E-state index contributed by atoms with van der Waals surface area (Å²) in [5, 5.41) is 1.29. The molecule has 1 amide bonds. The van der Waals surface area contributed by atoms with E-state index >= 15 is 0 Å². The monoisotopic (exact) mass is 364 g/mol. The Hall–Kier alpha value is -2.07. The molecule has 0 saturated carbocycles. The van der Waals surface area contributed by atoms with Crippen LogP contribution in [0.5, 0.6) is 0 Å². The van der Waals surface area contributed by atoms with Gasteiger partial charge in [-0.3, -0.25) is 4.79 Å². The lowest BCUT2D eigenvalue weighted by Crippen LogP contribution is -2.49. The summed E-state index contributed by atoms with van der Waals surface area (Å²) in [4.78, 5) is 19.0. The molecule has 1 aromatic carbocycles. The van der Waals surface area contributed by atoms with Gasteiger partial charge in [-0.05, 0) is 57.1 Å². The Kier molecular flexibility index (Phi) is 4.12. The van der Waals surface area contributed by atoms with Crippen LogP contribution >= 0.6 is 0 Å². The molecule has 0 bridgehead atoms. The van der Waals surface area contributed by atoms with E-state index in [2.05, 4.69) is 47.1 Å². The molecule has 142 valence electrons. The number of hydrogen-bond acceptors (Lipinski definition) is 2. The average molecular weight is 364 g/mol. The molecule has 3 aliphatic rings. The second-order valence-corrected chi connectivity index (χ2v) is 8.49. The Balaban J connectivity index is 1.36. The second-order valence-electron chi connectivity index (χ2n) is 8.49. The zero-order valence-electron chi connectivity index (χ0n) is 16.1. The lowest BCUT2D eigenvalue weighted by Gasteiger charge is -2.43. The van der Waals surface area contributed by atoms with Crippen LogP contribution in [0.3, 0.4) is 0 Å². The first-order chi connectivity index (χ1) is 13.2. The summed E-state index contributed by atoms with van der Waals surface area (Å²) in [6.45, 7) is 4.61. The number of amides is 1. The summed E-state index contributed by atoms with van der Waals surface area (Å²) in [6, 6.07) is 8.45. The van der Waals surface area contributed by atoms with Gasteiger partial charge in [0.1, 0.15) is 0 Å². The van der Waals surface area contributed by atoms with E-state index in [1.54, 1.807) is 0 Å². The molecule has 1 N–H and O–H groups in total. The van der Waals surface area contributed by atoms with E-state index in [1.165, 1.54) is 16.5 Å².